The summed E-state index contributed by atoms with van der Waals surface area (Å²) in [6.07, 6.45) is 3.02. The molecule has 5 heteroatoms. The van der Waals surface area contributed by atoms with Crippen molar-refractivity contribution in [1.29, 1.82) is 0 Å². The monoisotopic (exact) mass is 237 g/mol. The average Bonchev–Trinajstić information content (AvgIpc) is 3.06. The minimum atomic E-state index is -0.292. The van der Waals surface area contributed by atoms with Crippen molar-refractivity contribution in [3.05, 3.63) is 11.6 Å². The highest BCUT2D eigenvalue weighted by atomic mass is 16.5. The molecule has 0 amide bonds. The summed E-state index contributed by atoms with van der Waals surface area (Å²) < 4.78 is 6.79. The van der Waals surface area contributed by atoms with E-state index in [1.54, 1.807) is 4.68 Å². The molecule has 0 aliphatic heterocycles. The summed E-state index contributed by atoms with van der Waals surface area (Å²) in [6.45, 7) is 4.19. The van der Waals surface area contributed by atoms with Gasteiger partial charge in [0.25, 0.3) is 0 Å². The second kappa shape index (κ2) is 4.85. The molecule has 1 fully saturated rings. The van der Waals surface area contributed by atoms with Crippen LogP contribution < -0.4 is 0 Å². The molecule has 0 aromatic carbocycles. The van der Waals surface area contributed by atoms with Crippen molar-refractivity contribution >= 4 is 5.97 Å². The molecule has 0 bridgehead atoms. The van der Waals surface area contributed by atoms with Crippen LogP contribution in [0.5, 0.6) is 0 Å². The Morgan fingerprint density at radius 3 is 2.76 bits per heavy atom. The number of ether oxygens (including phenoxy) is 1. The fourth-order valence-corrected chi connectivity index (χ4v) is 1.93. The van der Waals surface area contributed by atoms with E-state index in [1.165, 1.54) is 12.8 Å². The number of esters is 1. The molecule has 0 N–H and O–H groups in total. The van der Waals surface area contributed by atoms with Crippen molar-refractivity contribution in [2.45, 2.75) is 44.9 Å². The smallest absolute Gasteiger partial charge is 0.316 e. The van der Waals surface area contributed by atoms with E-state index in [9.17, 15) is 4.79 Å². The van der Waals surface area contributed by atoms with Crippen molar-refractivity contribution < 1.29 is 9.53 Å². The molecule has 5 nitrogen and oxygen atoms in total. The molecule has 0 saturated heterocycles. The number of hydrogen-bond donors (Lipinski definition) is 0. The molecule has 1 aromatic heterocycles. The summed E-state index contributed by atoms with van der Waals surface area (Å²) in [5, 5.41) is 4.38. The summed E-state index contributed by atoms with van der Waals surface area (Å²) >= 11 is 0. The second-order valence-corrected chi connectivity index (χ2v) is 4.44. The van der Waals surface area contributed by atoms with E-state index in [0.29, 0.717) is 18.9 Å². The van der Waals surface area contributed by atoms with Crippen molar-refractivity contribution in [1.82, 2.24) is 14.8 Å². The number of aryl methyl sites for hydroxylation is 1. The first kappa shape index (κ1) is 12.1. The first-order valence-electron chi connectivity index (χ1n) is 6.24. The summed E-state index contributed by atoms with van der Waals surface area (Å²) in [5.74, 6) is 1.63. The molecule has 1 aromatic rings. The molecule has 1 atom stereocenters. The van der Waals surface area contributed by atoms with Crippen LogP contribution >= 0.6 is 0 Å². The van der Waals surface area contributed by atoms with E-state index in [4.69, 9.17) is 4.74 Å². The highest BCUT2D eigenvalue weighted by Crippen LogP contribution is 2.38. The first-order chi connectivity index (χ1) is 8.17. The van der Waals surface area contributed by atoms with E-state index in [-0.39, 0.29) is 11.9 Å². The summed E-state index contributed by atoms with van der Waals surface area (Å²) in [7, 11) is 1.84. The fraction of sp³-hybridized carbons (Fsp3) is 0.750. The van der Waals surface area contributed by atoms with Crippen LogP contribution in [0.4, 0.5) is 0 Å². The lowest BCUT2D eigenvalue weighted by molar-refractivity contribution is -0.145. The van der Waals surface area contributed by atoms with Gasteiger partial charge in [0, 0.05) is 13.0 Å². The molecule has 1 unspecified atom stereocenters. The molecule has 94 valence electrons. The minimum Gasteiger partial charge on any atom is -0.465 e. The molecule has 17 heavy (non-hydrogen) atoms. The van der Waals surface area contributed by atoms with Gasteiger partial charge in [0.1, 0.15) is 11.7 Å². The molecule has 1 aliphatic carbocycles. The predicted molar refractivity (Wildman–Crippen MR) is 62.6 cm³/mol. The third-order valence-electron chi connectivity index (χ3n) is 3.05. The molecular formula is C12H19N3O2. The van der Waals surface area contributed by atoms with Crippen molar-refractivity contribution in [3.63, 3.8) is 0 Å². The van der Waals surface area contributed by atoms with Crippen molar-refractivity contribution in [3.8, 4) is 0 Å². The Morgan fingerprint density at radius 1 is 1.53 bits per heavy atom. The lowest BCUT2D eigenvalue weighted by Gasteiger charge is -2.11. The van der Waals surface area contributed by atoms with Gasteiger partial charge in [-0.25, -0.2) is 4.98 Å². The Kier molecular flexibility index (Phi) is 3.45. The Morgan fingerprint density at radius 2 is 2.24 bits per heavy atom. The quantitative estimate of drug-likeness (QED) is 0.732. The SMILES string of the molecule is CCOC(=O)C(CC)c1nc(C2CC2)nn1C. The van der Waals surface area contributed by atoms with E-state index < -0.39 is 0 Å². The largest absolute Gasteiger partial charge is 0.465 e. The first-order valence-corrected chi connectivity index (χ1v) is 6.24. The lowest BCUT2D eigenvalue weighted by Crippen LogP contribution is -2.19. The summed E-state index contributed by atoms with van der Waals surface area (Å²) in [5.41, 5.74) is 0. The second-order valence-electron chi connectivity index (χ2n) is 4.44. The van der Waals surface area contributed by atoms with Crippen LogP contribution in [0.1, 0.15) is 56.6 Å². The number of rotatable bonds is 5. The van der Waals surface area contributed by atoms with Gasteiger partial charge in [0.05, 0.1) is 6.61 Å². The van der Waals surface area contributed by atoms with Gasteiger partial charge in [-0.2, -0.15) is 5.10 Å². The molecule has 0 spiro atoms. The van der Waals surface area contributed by atoms with E-state index in [1.807, 2.05) is 20.9 Å². The zero-order valence-corrected chi connectivity index (χ0v) is 10.6. The highest BCUT2D eigenvalue weighted by molar-refractivity contribution is 5.77. The van der Waals surface area contributed by atoms with Gasteiger partial charge >= 0.3 is 5.97 Å². The molecule has 2 rings (SSSR count). The number of nitrogens with zero attached hydrogens (tertiary/aromatic N) is 3. The number of carbonyl (C=O) groups is 1. The number of hydrogen-bond acceptors (Lipinski definition) is 4. The van der Waals surface area contributed by atoms with E-state index >= 15 is 0 Å². The van der Waals surface area contributed by atoms with Gasteiger partial charge in [0.2, 0.25) is 0 Å². The van der Waals surface area contributed by atoms with Gasteiger partial charge < -0.3 is 4.74 Å². The topological polar surface area (TPSA) is 57.0 Å². The maximum absolute atomic E-state index is 11.8. The van der Waals surface area contributed by atoms with Crippen molar-refractivity contribution in [2.24, 2.45) is 7.05 Å². The number of carbonyl (C=O) groups excluding carboxylic acids is 1. The van der Waals surface area contributed by atoms with Crippen molar-refractivity contribution in [2.75, 3.05) is 6.61 Å². The van der Waals surface area contributed by atoms with Crippen LogP contribution in [0, 0.1) is 0 Å². The summed E-state index contributed by atoms with van der Waals surface area (Å²) in [6, 6.07) is 0. The van der Waals surface area contributed by atoms with Gasteiger partial charge in [-0.1, -0.05) is 6.92 Å². The third-order valence-corrected chi connectivity index (χ3v) is 3.05. The number of aromatic nitrogens is 3. The standard InChI is InChI=1S/C12H19N3O2/c1-4-9(12(16)17-5-2)11-13-10(8-6-7-8)14-15(11)3/h8-9H,4-7H2,1-3H3. The fourth-order valence-electron chi connectivity index (χ4n) is 1.93. The molecule has 1 aliphatic rings. The van der Waals surface area contributed by atoms with Gasteiger partial charge in [-0.05, 0) is 26.2 Å². The normalized spacial score (nSPS) is 16.9. The average molecular weight is 237 g/mol. The maximum Gasteiger partial charge on any atom is 0.316 e. The van der Waals surface area contributed by atoms with Crippen LogP contribution in [0.15, 0.2) is 0 Å². The van der Waals surface area contributed by atoms with Crippen LogP contribution in [-0.2, 0) is 16.6 Å². The third kappa shape index (κ3) is 2.48. The Balaban J connectivity index is 2.20. The lowest BCUT2D eigenvalue weighted by atomic mass is 10.1. The summed E-state index contributed by atoms with van der Waals surface area (Å²) in [4.78, 5) is 16.3. The molecule has 1 saturated carbocycles. The van der Waals surface area contributed by atoms with Crippen LogP contribution in [0.25, 0.3) is 0 Å². The Labute approximate surface area is 101 Å². The molecular weight excluding hydrogens is 218 g/mol. The van der Waals surface area contributed by atoms with Gasteiger partial charge in [0.15, 0.2) is 5.82 Å². The predicted octanol–water partition coefficient (Wildman–Crippen LogP) is 1.75. The maximum atomic E-state index is 11.8. The Bertz CT molecular complexity index is 410. The molecule has 0 radical (unpaired) electrons. The minimum absolute atomic E-state index is 0.201. The van der Waals surface area contributed by atoms with Gasteiger partial charge in [-0.15, -0.1) is 0 Å². The highest BCUT2D eigenvalue weighted by Gasteiger charge is 2.31. The zero-order valence-electron chi connectivity index (χ0n) is 10.6. The van der Waals surface area contributed by atoms with Crippen LogP contribution in [0.3, 0.4) is 0 Å². The van der Waals surface area contributed by atoms with Crippen LogP contribution in [0.2, 0.25) is 0 Å². The van der Waals surface area contributed by atoms with Crippen LogP contribution in [-0.4, -0.2) is 27.3 Å². The molecule has 1 heterocycles. The Hall–Kier alpha value is -1.39. The zero-order chi connectivity index (χ0) is 12.4. The van der Waals surface area contributed by atoms with E-state index in [2.05, 4.69) is 10.1 Å². The van der Waals surface area contributed by atoms with Gasteiger partial charge in [-0.3, -0.25) is 9.48 Å². The van der Waals surface area contributed by atoms with E-state index in [0.717, 1.165) is 11.6 Å².